The van der Waals surface area contributed by atoms with Crippen LogP contribution in [0.25, 0.3) is 0 Å². The van der Waals surface area contributed by atoms with Gasteiger partial charge in [0.15, 0.2) is 0 Å². The topological polar surface area (TPSA) is 128 Å². The third-order valence-electron chi connectivity index (χ3n) is 4.81. The molecule has 2 aromatic carbocycles. The van der Waals surface area contributed by atoms with Crippen molar-refractivity contribution in [1.82, 2.24) is 10.2 Å². The molecule has 0 aliphatic rings. The van der Waals surface area contributed by atoms with E-state index < -0.39 is 28.2 Å². The van der Waals surface area contributed by atoms with Crippen LogP contribution in [-0.4, -0.2) is 59.4 Å². The zero-order valence-electron chi connectivity index (χ0n) is 21.1. The number of primary amides is 1. The van der Waals surface area contributed by atoms with Crippen LogP contribution in [0.4, 0.5) is 9.59 Å². The number of alkyl carbamates (subject to hydrolysis) is 1. The number of hydrogen-bond donors (Lipinski definition) is 2. The van der Waals surface area contributed by atoms with E-state index in [1.165, 1.54) is 4.90 Å². The zero-order chi connectivity index (χ0) is 26.9. The molecule has 0 heterocycles. The van der Waals surface area contributed by atoms with E-state index in [0.29, 0.717) is 24.2 Å². The molecule has 2 aromatic rings. The molecule has 0 bridgehead atoms. The summed E-state index contributed by atoms with van der Waals surface area (Å²) >= 11 is 0.801. The van der Waals surface area contributed by atoms with E-state index in [-0.39, 0.29) is 12.3 Å². The zero-order valence-corrected chi connectivity index (χ0v) is 22.0. The predicted molar refractivity (Wildman–Crippen MR) is 139 cm³/mol. The maximum absolute atomic E-state index is 12.6. The number of amides is 3. The van der Waals surface area contributed by atoms with Crippen LogP contribution in [0.3, 0.4) is 0 Å². The Balaban J connectivity index is 2.02. The van der Waals surface area contributed by atoms with Crippen LogP contribution < -0.4 is 15.8 Å². The van der Waals surface area contributed by atoms with Gasteiger partial charge in [0, 0.05) is 20.5 Å². The molecular formula is C26H33N3O6S. The van der Waals surface area contributed by atoms with Crippen molar-refractivity contribution in [2.24, 2.45) is 5.73 Å². The normalized spacial score (nSPS) is 12.7. The number of nitrogens with one attached hydrogen (secondary N) is 1. The molecule has 10 heteroatoms. The highest BCUT2D eigenvalue weighted by molar-refractivity contribution is 8.14. The third kappa shape index (κ3) is 9.99. The SMILES string of the molecule is CN(C)C(=O)C(Cc1ccc(Oc2ccc(CC(C=O)SC(N)=O)cc2)cc1)NC(=O)OC(C)(C)C. The van der Waals surface area contributed by atoms with Crippen molar-refractivity contribution >= 4 is 35.3 Å². The van der Waals surface area contributed by atoms with Gasteiger partial charge in [-0.3, -0.25) is 9.59 Å². The van der Waals surface area contributed by atoms with Crippen molar-refractivity contribution in [3.8, 4) is 11.5 Å². The first-order chi connectivity index (χ1) is 16.9. The molecule has 0 spiro atoms. The highest BCUT2D eigenvalue weighted by Crippen LogP contribution is 2.24. The molecule has 2 unspecified atom stereocenters. The second-order valence-electron chi connectivity index (χ2n) is 9.34. The van der Waals surface area contributed by atoms with Crippen molar-refractivity contribution in [3.05, 3.63) is 59.7 Å². The Labute approximate surface area is 215 Å². The van der Waals surface area contributed by atoms with Gasteiger partial charge in [-0.05, 0) is 62.6 Å². The molecule has 0 saturated carbocycles. The van der Waals surface area contributed by atoms with E-state index in [4.69, 9.17) is 15.2 Å². The average molecular weight is 516 g/mol. The second kappa shape index (κ2) is 13.0. The number of aldehydes is 1. The van der Waals surface area contributed by atoms with Crippen LogP contribution >= 0.6 is 11.8 Å². The van der Waals surface area contributed by atoms with Crippen molar-refractivity contribution in [3.63, 3.8) is 0 Å². The summed E-state index contributed by atoms with van der Waals surface area (Å²) in [6, 6.07) is 13.6. The Morgan fingerprint density at radius 2 is 1.47 bits per heavy atom. The number of likely N-dealkylation sites (N-methyl/N-ethyl adjacent to an activating group) is 1. The van der Waals surface area contributed by atoms with Crippen LogP contribution in [0, 0.1) is 0 Å². The summed E-state index contributed by atoms with van der Waals surface area (Å²) in [4.78, 5) is 48.4. The Kier molecular flexibility index (Phi) is 10.3. The van der Waals surface area contributed by atoms with Gasteiger partial charge in [0.2, 0.25) is 5.91 Å². The van der Waals surface area contributed by atoms with Gasteiger partial charge in [-0.2, -0.15) is 0 Å². The number of nitrogens with zero attached hydrogens (tertiary/aromatic N) is 1. The van der Waals surface area contributed by atoms with E-state index in [1.807, 2.05) is 24.3 Å². The number of rotatable bonds is 10. The molecule has 9 nitrogen and oxygen atoms in total. The largest absolute Gasteiger partial charge is 0.457 e. The van der Waals surface area contributed by atoms with Crippen molar-refractivity contribution < 1.29 is 28.7 Å². The molecule has 0 aliphatic carbocycles. The van der Waals surface area contributed by atoms with Crippen LogP contribution in [0.15, 0.2) is 48.5 Å². The molecule has 2 rings (SSSR count). The lowest BCUT2D eigenvalue weighted by molar-refractivity contribution is -0.130. The number of carbonyl (C=O) groups is 4. The average Bonchev–Trinajstić information content (AvgIpc) is 2.78. The first-order valence-corrected chi connectivity index (χ1v) is 12.2. The highest BCUT2D eigenvalue weighted by atomic mass is 32.2. The van der Waals surface area contributed by atoms with Crippen molar-refractivity contribution in [2.75, 3.05) is 14.1 Å². The van der Waals surface area contributed by atoms with Crippen LogP contribution in [-0.2, 0) is 27.2 Å². The number of thioether (sulfide) groups is 1. The van der Waals surface area contributed by atoms with Gasteiger partial charge in [0.25, 0.3) is 5.24 Å². The first kappa shape index (κ1) is 28.7. The standard InChI is InChI=1S/C26H33N3O6S/c1-26(2,3)35-25(33)28-22(23(31)29(4)5)15-18-8-12-20(13-9-18)34-19-10-6-17(7-11-19)14-21(16-30)36-24(27)32/h6-13,16,21-22H,14-15H2,1-5H3,(H2,27,32)(H,28,33). The predicted octanol–water partition coefficient (Wildman–Crippen LogP) is 3.92. The van der Waals surface area contributed by atoms with Crippen LogP contribution in [0.5, 0.6) is 11.5 Å². The Bertz CT molecular complexity index is 1050. The monoisotopic (exact) mass is 515 g/mol. The summed E-state index contributed by atoms with van der Waals surface area (Å²) in [5.41, 5.74) is 6.17. The molecule has 194 valence electrons. The minimum Gasteiger partial charge on any atom is -0.457 e. The fourth-order valence-corrected chi connectivity index (χ4v) is 3.85. The van der Waals surface area contributed by atoms with Crippen molar-refractivity contribution in [2.45, 2.75) is 50.5 Å². The van der Waals surface area contributed by atoms with Gasteiger partial charge in [-0.15, -0.1) is 0 Å². The lowest BCUT2D eigenvalue weighted by Crippen LogP contribution is -2.48. The molecule has 36 heavy (non-hydrogen) atoms. The fourth-order valence-electron chi connectivity index (χ4n) is 3.22. The van der Waals surface area contributed by atoms with E-state index in [0.717, 1.165) is 22.9 Å². The van der Waals surface area contributed by atoms with E-state index in [2.05, 4.69) is 5.32 Å². The van der Waals surface area contributed by atoms with Crippen molar-refractivity contribution in [1.29, 1.82) is 0 Å². The number of ether oxygens (including phenoxy) is 2. The summed E-state index contributed by atoms with van der Waals surface area (Å²) < 4.78 is 11.2. The Hall–Kier alpha value is -3.53. The maximum atomic E-state index is 12.6. The smallest absolute Gasteiger partial charge is 0.408 e. The fraction of sp³-hybridized carbons (Fsp3) is 0.385. The molecule has 3 N–H and O–H groups in total. The van der Waals surface area contributed by atoms with Crippen LogP contribution in [0.1, 0.15) is 31.9 Å². The van der Waals surface area contributed by atoms with Gasteiger partial charge in [0.05, 0.1) is 5.25 Å². The molecular weight excluding hydrogens is 482 g/mol. The van der Waals surface area contributed by atoms with Gasteiger partial charge in [-0.1, -0.05) is 36.0 Å². The molecule has 0 aromatic heterocycles. The summed E-state index contributed by atoms with van der Waals surface area (Å²) in [5, 5.41) is 1.54. The lowest BCUT2D eigenvalue weighted by atomic mass is 10.0. The molecule has 0 fully saturated rings. The Morgan fingerprint density at radius 1 is 0.972 bits per heavy atom. The third-order valence-corrected chi connectivity index (χ3v) is 5.62. The van der Waals surface area contributed by atoms with Gasteiger partial charge >= 0.3 is 6.09 Å². The minimum atomic E-state index is -0.780. The summed E-state index contributed by atoms with van der Waals surface area (Å²) in [5.74, 6) is 0.952. The second-order valence-corrected chi connectivity index (χ2v) is 10.6. The molecule has 0 saturated heterocycles. The lowest BCUT2D eigenvalue weighted by Gasteiger charge is -2.25. The van der Waals surface area contributed by atoms with Crippen LogP contribution in [0.2, 0.25) is 0 Å². The number of hydrogen-bond acceptors (Lipinski definition) is 7. The Morgan fingerprint density at radius 3 is 1.89 bits per heavy atom. The number of nitrogens with two attached hydrogens (primary N) is 1. The molecule has 3 amide bonds. The molecule has 0 radical (unpaired) electrons. The van der Waals surface area contributed by atoms with E-state index in [9.17, 15) is 19.2 Å². The highest BCUT2D eigenvalue weighted by Gasteiger charge is 2.25. The van der Waals surface area contributed by atoms with Gasteiger partial charge < -0.3 is 30.2 Å². The minimum absolute atomic E-state index is 0.243. The summed E-state index contributed by atoms with van der Waals surface area (Å²) in [7, 11) is 3.26. The van der Waals surface area contributed by atoms with E-state index >= 15 is 0 Å². The molecule has 0 aliphatic heterocycles. The van der Waals surface area contributed by atoms with Gasteiger partial charge in [0.1, 0.15) is 29.4 Å². The molecule has 2 atom stereocenters. The number of carbonyl (C=O) groups excluding carboxylic acids is 4. The number of benzene rings is 2. The van der Waals surface area contributed by atoms with E-state index in [1.54, 1.807) is 59.1 Å². The maximum Gasteiger partial charge on any atom is 0.408 e. The van der Waals surface area contributed by atoms with Gasteiger partial charge in [-0.25, -0.2) is 4.79 Å². The quantitative estimate of drug-likeness (QED) is 0.459. The summed E-state index contributed by atoms with van der Waals surface area (Å²) in [6.45, 7) is 5.27. The summed E-state index contributed by atoms with van der Waals surface area (Å²) in [6.07, 6.45) is 0.725. The first-order valence-electron chi connectivity index (χ1n) is 11.3.